The minimum absolute atomic E-state index is 0.0902. The molecule has 0 unspecified atom stereocenters. The molecule has 2 aromatic carbocycles. The monoisotopic (exact) mass is 447 g/mol. The van der Waals surface area contributed by atoms with E-state index in [9.17, 15) is 13.2 Å². The lowest BCUT2D eigenvalue weighted by atomic mass is 10.3. The molecule has 0 aliphatic carbocycles. The van der Waals surface area contributed by atoms with E-state index in [4.69, 9.17) is 17.0 Å². The Morgan fingerprint density at radius 2 is 1.66 bits per heavy atom. The van der Waals surface area contributed by atoms with Crippen molar-refractivity contribution in [2.24, 2.45) is 0 Å². The Labute approximate surface area is 177 Å². The third-order valence-electron chi connectivity index (χ3n) is 3.74. The predicted octanol–water partition coefficient (Wildman–Crippen LogP) is 3.68. The normalized spacial score (nSPS) is 10.8. The van der Waals surface area contributed by atoms with E-state index in [0.717, 1.165) is 0 Å². The molecule has 0 saturated carbocycles. The fraction of sp³-hybridized carbons (Fsp3) is 0.0526. The van der Waals surface area contributed by atoms with Crippen LogP contribution in [-0.4, -0.2) is 26.5 Å². The second-order valence-corrected chi connectivity index (χ2v) is 8.78. The van der Waals surface area contributed by atoms with Gasteiger partial charge >= 0.3 is 0 Å². The summed E-state index contributed by atoms with van der Waals surface area (Å²) in [5.41, 5.74) is 0.968. The van der Waals surface area contributed by atoms with Gasteiger partial charge in [-0.05, 0) is 72.2 Å². The topological polar surface area (TPSA) is 96.5 Å². The maximum Gasteiger partial charge on any atom is 0.267 e. The molecule has 10 heteroatoms. The highest BCUT2D eigenvalue weighted by atomic mass is 32.2. The van der Waals surface area contributed by atoms with Gasteiger partial charge in [0.2, 0.25) is 0 Å². The van der Waals surface area contributed by atoms with Crippen molar-refractivity contribution in [3.8, 4) is 5.75 Å². The summed E-state index contributed by atoms with van der Waals surface area (Å²) in [7, 11) is -2.21. The summed E-state index contributed by atoms with van der Waals surface area (Å²) in [5, 5.41) is 7.34. The second kappa shape index (κ2) is 9.03. The molecule has 0 aliphatic heterocycles. The number of carbonyl (C=O) groups is 1. The molecule has 150 valence electrons. The SMILES string of the molecule is COc1ccc(NS(=O)(=O)c2ccc(NC(=S)NC(=O)c3cccs3)cc2)cc1. The van der Waals surface area contributed by atoms with Gasteiger partial charge in [-0.2, -0.15) is 0 Å². The zero-order valence-electron chi connectivity index (χ0n) is 15.2. The number of thiophene rings is 1. The molecule has 29 heavy (non-hydrogen) atoms. The lowest BCUT2D eigenvalue weighted by Gasteiger charge is -2.11. The average molecular weight is 448 g/mol. The number of rotatable bonds is 6. The Morgan fingerprint density at radius 1 is 1.00 bits per heavy atom. The van der Waals surface area contributed by atoms with E-state index >= 15 is 0 Å². The molecule has 1 aromatic heterocycles. The summed E-state index contributed by atoms with van der Waals surface area (Å²) >= 11 is 6.43. The first-order valence-electron chi connectivity index (χ1n) is 8.30. The van der Waals surface area contributed by atoms with E-state index < -0.39 is 10.0 Å². The van der Waals surface area contributed by atoms with Crippen LogP contribution in [0.15, 0.2) is 70.9 Å². The number of benzene rings is 2. The molecule has 0 atom stereocenters. The molecule has 0 bridgehead atoms. The van der Waals surface area contributed by atoms with Crippen molar-refractivity contribution in [3.05, 3.63) is 70.9 Å². The van der Waals surface area contributed by atoms with Crippen molar-refractivity contribution in [2.45, 2.75) is 4.90 Å². The van der Waals surface area contributed by atoms with E-state index in [1.807, 2.05) is 0 Å². The molecule has 3 aromatic rings. The first-order chi connectivity index (χ1) is 13.9. The number of hydrogen-bond acceptors (Lipinski definition) is 6. The number of methoxy groups -OCH3 is 1. The largest absolute Gasteiger partial charge is 0.497 e. The molecule has 1 amide bonds. The number of thiocarbonyl (C=S) groups is 1. The molecule has 7 nitrogen and oxygen atoms in total. The molecule has 0 aliphatic rings. The van der Waals surface area contributed by atoms with Gasteiger partial charge in [0.25, 0.3) is 15.9 Å². The standard InChI is InChI=1S/C19H17N3O4S3/c1-26-15-8-4-14(5-9-15)22-29(24,25)16-10-6-13(7-11-16)20-19(27)21-18(23)17-3-2-12-28-17/h2-12,22H,1H3,(H2,20,21,23,27). The fourth-order valence-electron chi connectivity index (χ4n) is 2.33. The Hall–Kier alpha value is -2.95. The van der Waals surface area contributed by atoms with Crippen molar-refractivity contribution in [1.29, 1.82) is 0 Å². The van der Waals surface area contributed by atoms with Crippen molar-refractivity contribution in [3.63, 3.8) is 0 Å². The molecule has 0 fully saturated rings. The fourth-order valence-corrected chi connectivity index (χ4v) is 4.21. The Morgan fingerprint density at radius 3 is 2.24 bits per heavy atom. The molecule has 3 N–H and O–H groups in total. The Bertz CT molecular complexity index is 1090. The Balaban J connectivity index is 1.62. The maximum absolute atomic E-state index is 12.5. The predicted molar refractivity (Wildman–Crippen MR) is 118 cm³/mol. The van der Waals surface area contributed by atoms with Crippen LogP contribution in [0.25, 0.3) is 0 Å². The summed E-state index contributed by atoms with van der Waals surface area (Å²) in [6, 6.07) is 16.0. The molecule has 1 heterocycles. The van der Waals surface area contributed by atoms with Gasteiger partial charge in [-0.25, -0.2) is 8.42 Å². The number of carbonyl (C=O) groups excluding carboxylic acids is 1. The van der Waals surface area contributed by atoms with Crippen LogP contribution in [0.4, 0.5) is 11.4 Å². The van der Waals surface area contributed by atoms with Crippen molar-refractivity contribution in [1.82, 2.24) is 5.32 Å². The average Bonchev–Trinajstić information content (AvgIpc) is 3.24. The molecule has 0 saturated heterocycles. The van der Waals surface area contributed by atoms with E-state index in [0.29, 0.717) is 22.0 Å². The van der Waals surface area contributed by atoms with Gasteiger partial charge in [0.15, 0.2) is 5.11 Å². The van der Waals surface area contributed by atoms with Crippen LogP contribution in [0.5, 0.6) is 5.75 Å². The van der Waals surface area contributed by atoms with Crippen molar-refractivity contribution >= 4 is 56.0 Å². The smallest absolute Gasteiger partial charge is 0.267 e. The van der Waals surface area contributed by atoms with Crippen LogP contribution in [0.3, 0.4) is 0 Å². The third kappa shape index (κ3) is 5.53. The van der Waals surface area contributed by atoms with Crippen LogP contribution in [0.2, 0.25) is 0 Å². The minimum Gasteiger partial charge on any atom is -0.497 e. The number of anilines is 2. The number of hydrogen-bond donors (Lipinski definition) is 3. The van der Waals surface area contributed by atoms with Crippen LogP contribution in [0, 0.1) is 0 Å². The maximum atomic E-state index is 12.5. The van der Waals surface area contributed by atoms with E-state index in [1.165, 1.54) is 30.6 Å². The van der Waals surface area contributed by atoms with Crippen molar-refractivity contribution in [2.75, 3.05) is 17.1 Å². The molecule has 0 spiro atoms. The van der Waals surface area contributed by atoms with Crippen LogP contribution < -0.4 is 20.1 Å². The van der Waals surface area contributed by atoms with E-state index in [2.05, 4.69) is 15.4 Å². The summed E-state index contributed by atoms with van der Waals surface area (Å²) in [6.07, 6.45) is 0. The minimum atomic E-state index is -3.75. The van der Waals surface area contributed by atoms with Gasteiger partial charge in [-0.3, -0.25) is 14.8 Å². The lowest BCUT2D eigenvalue weighted by molar-refractivity contribution is 0.0981. The summed E-state index contributed by atoms with van der Waals surface area (Å²) in [4.78, 5) is 12.6. The zero-order valence-corrected chi connectivity index (χ0v) is 17.7. The second-order valence-electron chi connectivity index (χ2n) is 5.74. The van der Waals surface area contributed by atoms with Gasteiger partial charge in [0.1, 0.15) is 5.75 Å². The van der Waals surface area contributed by atoms with E-state index in [1.54, 1.807) is 53.9 Å². The molecule has 0 radical (unpaired) electrons. The van der Waals surface area contributed by atoms with Gasteiger partial charge in [0, 0.05) is 11.4 Å². The summed E-state index contributed by atoms with van der Waals surface area (Å²) in [6.45, 7) is 0. The molecule has 3 rings (SSSR count). The molecular weight excluding hydrogens is 430 g/mol. The first-order valence-corrected chi connectivity index (χ1v) is 11.1. The molecular formula is C19H17N3O4S3. The highest BCUT2D eigenvalue weighted by molar-refractivity contribution is 7.92. The summed E-state index contributed by atoms with van der Waals surface area (Å²) < 4.78 is 32.6. The van der Waals surface area contributed by atoms with Gasteiger partial charge in [-0.1, -0.05) is 6.07 Å². The highest BCUT2D eigenvalue weighted by Crippen LogP contribution is 2.20. The van der Waals surface area contributed by atoms with Crippen molar-refractivity contribution < 1.29 is 17.9 Å². The first kappa shape index (κ1) is 20.8. The zero-order chi connectivity index (χ0) is 20.9. The van der Waals surface area contributed by atoms with Crippen LogP contribution >= 0.6 is 23.6 Å². The van der Waals surface area contributed by atoms with Crippen LogP contribution in [0.1, 0.15) is 9.67 Å². The van der Waals surface area contributed by atoms with Gasteiger partial charge < -0.3 is 10.1 Å². The number of nitrogens with one attached hydrogen (secondary N) is 3. The summed E-state index contributed by atoms with van der Waals surface area (Å²) in [5.74, 6) is 0.325. The van der Waals surface area contributed by atoms with E-state index in [-0.39, 0.29) is 15.9 Å². The number of ether oxygens (including phenoxy) is 1. The Kier molecular flexibility index (Phi) is 6.47. The number of amides is 1. The van der Waals surface area contributed by atoms with Gasteiger partial charge in [-0.15, -0.1) is 11.3 Å². The van der Waals surface area contributed by atoms with Gasteiger partial charge in [0.05, 0.1) is 16.9 Å². The quantitative estimate of drug-likeness (QED) is 0.499. The van der Waals surface area contributed by atoms with Crippen LogP contribution in [-0.2, 0) is 10.0 Å². The number of sulfonamides is 1. The highest BCUT2D eigenvalue weighted by Gasteiger charge is 2.14. The lowest BCUT2D eigenvalue weighted by Crippen LogP contribution is -2.33. The third-order valence-corrected chi connectivity index (χ3v) is 6.21.